The molecule has 98 valence electrons. The highest BCUT2D eigenvalue weighted by Gasteiger charge is 2.38. The summed E-state index contributed by atoms with van der Waals surface area (Å²) in [6.45, 7) is 0. The zero-order valence-electron chi connectivity index (χ0n) is 10.2. The topological polar surface area (TPSA) is 63.3 Å². The van der Waals surface area contributed by atoms with Gasteiger partial charge in [-0.25, -0.2) is 0 Å². The van der Waals surface area contributed by atoms with Crippen molar-refractivity contribution in [3.63, 3.8) is 0 Å². The second-order valence-corrected chi connectivity index (χ2v) is 5.58. The SMILES string of the molecule is NC(CC1(c2cccc(Cl)c2)CCCC1)C(=O)O. The van der Waals surface area contributed by atoms with E-state index in [9.17, 15) is 4.79 Å². The molecule has 1 aromatic rings. The van der Waals surface area contributed by atoms with Gasteiger partial charge >= 0.3 is 5.97 Å². The van der Waals surface area contributed by atoms with Gasteiger partial charge in [-0.2, -0.15) is 0 Å². The van der Waals surface area contributed by atoms with Crippen molar-refractivity contribution < 1.29 is 9.90 Å². The number of hydrogen-bond acceptors (Lipinski definition) is 2. The molecule has 0 amide bonds. The fraction of sp³-hybridized carbons (Fsp3) is 0.500. The summed E-state index contributed by atoms with van der Waals surface area (Å²) in [6, 6.07) is 6.93. The van der Waals surface area contributed by atoms with Crippen LogP contribution in [0.2, 0.25) is 5.02 Å². The zero-order chi connectivity index (χ0) is 13.2. The van der Waals surface area contributed by atoms with Crippen molar-refractivity contribution in [1.29, 1.82) is 0 Å². The minimum Gasteiger partial charge on any atom is -0.480 e. The number of aliphatic carboxylic acids is 1. The molecule has 1 fully saturated rings. The van der Waals surface area contributed by atoms with Crippen molar-refractivity contribution in [3.05, 3.63) is 34.9 Å². The van der Waals surface area contributed by atoms with Gasteiger partial charge < -0.3 is 10.8 Å². The summed E-state index contributed by atoms with van der Waals surface area (Å²) in [6.07, 6.45) is 4.73. The van der Waals surface area contributed by atoms with Gasteiger partial charge in [0.2, 0.25) is 0 Å². The fourth-order valence-corrected chi connectivity index (χ4v) is 3.18. The fourth-order valence-electron chi connectivity index (χ4n) is 2.99. The molecule has 1 aliphatic carbocycles. The molecule has 0 spiro atoms. The highest BCUT2D eigenvalue weighted by molar-refractivity contribution is 6.30. The predicted octanol–water partition coefficient (Wildman–Crippen LogP) is 2.95. The van der Waals surface area contributed by atoms with Gasteiger partial charge in [0.05, 0.1) is 0 Å². The van der Waals surface area contributed by atoms with Crippen LogP contribution in [-0.4, -0.2) is 17.1 Å². The Kier molecular flexibility index (Phi) is 3.93. The van der Waals surface area contributed by atoms with Crippen LogP contribution in [-0.2, 0) is 10.2 Å². The van der Waals surface area contributed by atoms with Crippen LogP contribution in [0.1, 0.15) is 37.7 Å². The second-order valence-electron chi connectivity index (χ2n) is 5.15. The molecule has 0 saturated heterocycles. The summed E-state index contributed by atoms with van der Waals surface area (Å²) < 4.78 is 0. The highest BCUT2D eigenvalue weighted by atomic mass is 35.5. The molecule has 1 saturated carbocycles. The van der Waals surface area contributed by atoms with E-state index in [4.69, 9.17) is 22.4 Å². The van der Waals surface area contributed by atoms with Gasteiger partial charge in [-0.1, -0.05) is 36.6 Å². The number of halogens is 1. The molecule has 18 heavy (non-hydrogen) atoms. The molecular formula is C14H18ClNO2. The molecule has 0 aliphatic heterocycles. The highest BCUT2D eigenvalue weighted by Crippen LogP contribution is 2.44. The average Bonchev–Trinajstić information content (AvgIpc) is 2.78. The molecule has 0 bridgehead atoms. The molecule has 4 heteroatoms. The number of nitrogens with two attached hydrogens (primary N) is 1. The Morgan fingerprint density at radius 2 is 2.11 bits per heavy atom. The lowest BCUT2D eigenvalue weighted by Crippen LogP contribution is -2.38. The lowest BCUT2D eigenvalue weighted by atomic mass is 9.74. The number of hydrogen-bond donors (Lipinski definition) is 2. The summed E-state index contributed by atoms with van der Waals surface area (Å²) in [7, 11) is 0. The van der Waals surface area contributed by atoms with Gasteiger partial charge in [0.15, 0.2) is 0 Å². The Hall–Kier alpha value is -1.06. The first-order chi connectivity index (χ1) is 8.53. The maximum absolute atomic E-state index is 11.0. The number of carboxylic acid groups (broad SMARTS) is 1. The Morgan fingerprint density at radius 1 is 1.44 bits per heavy atom. The molecule has 1 aromatic carbocycles. The largest absolute Gasteiger partial charge is 0.480 e. The molecule has 1 atom stereocenters. The maximum atomic E-state index is 11.0. The first-order valence-electron chi connectivity index (χ1n) is 6.28. The number of benzene rings is 1. The van der Waals surface area contributed by atoms with Gasteiger partial charge in [0.1, 0.15) is 6.04 Å². The Morgan fingerprint density at radius 3 is 2.67 bits per heavy atom. The monoisotopic (exact) mass is 267 g/mol. The normalized spacial score (nSPS) is 19.7. The molecule has 3 nitrogen and oxygen atoms in total. The predicted molar refractivity (Wildman–Crippen MR) is 71.8 cm³/mol. The third kappa shape index (κ3) is 2.68. The summed E-state index contributed by atoms with van der Waals surface area (Å²) in [5.74, 6) is -0.927. The van der Waals surface area contributed by atoms with Gasteiger partial charge in [0, 0.05) is 5.02 Å². The van der Waals surface area contributed by atoms with Crippen LogP contribution in [0.3, 0.4) is 0 Å². The average molecular weight is 268 g/mol. The summed E-state index contributed by atoms with van der Waals surface area (Å²) in [5.41, 5.74) is 6.74. The van der Waals surface area contributed by atoms with E-state index in [0.717, 1.165) is 31.2 Å². The molecule has 0 aromatic heterocycles. The third-order valence-corrected chi connectivity index (χ3v) is 4.16. The molecule has 3 N–H and O–H groups in total. The summed E-state index contributed by atoms with van der Waals surface area (Å²) in [4.78, 5) is 11.0. The lowest BCUT2D eigenvalue weighted by Gasteiger charge is -2.31. The first-order valence-corrected chi connectivity index (χ1v) is 6.66. The molecule has 1 unspecified atom stereocenters. The quantitative estimate of drug-likeness (QED) is 0.882. The van der Waals surface area contributed by atoms with Crippen molar-refractivity contribution in [2.45, 2.75) is 43.6 Å². The van der Waals surface area contributed by atoms with E-state index in [1.165, 1.54) is 0 Å². The van der Waals surface area contributed by atoms with Crippen molar-refractivity contribution in [2.75, 3.05) is 0 Å². The van der Waals surface area contributed by atoms with Crippen LogP contribution in [0.4, 0.5) is 0 Å². The smallest absolute Gasteiger partial charge is 0.320 e. The number of rotatable bonds is 4. The molecule has 0 heterocycles. The van der Waals surface area contributed by atoms with Crippen LogP contribution in [0.5, 0.6) is 0 Å². The molecule has 2 rings (SSSR count). The second kappa shape index (κ2) is 5.29. The van der Waals surface area contributed by atoms with Crippen molar-refractivity contribution >= 4 is 17.6 Å². The lowest BCUT2D eigenvalue weighted by molar-refractivity contribution is -0.139. The van der Waals surface area contributed by atoms with Crippen LogP contribution >= 0.6 is 11.6 Å². The minimum absolute atomic E-state index is 0.108. The Bertz CT molecular complexity index is 441. The van der Waals surface area contributed by atoms with E-state index in [1.807, 2.05) is 24.3 Å². The van der Waals surface area contributed by atoms with Crippen LogP contribution < -0.4 is 5.73 Å². The van der Waals surface area contributed by atoms with E-state index in [0.29, 0.717) is 11.4 Å². The van der Waals surface area contributed by atoms with Gasteiger partial charge in [0.25, 0.3) is 0 Å². The van der Waals surface area contributed by atoms with Crippen molar-refractivity contribution in [3.8, 4) is 0 Å². The van der Waals surface area contributed by atoms with Crippen molar-refractivity contribution in [1.82, 2.24) is 0 Å². The van der Waals surface area contributed by atoms with E-state index in [2.05, 4.69) is 0 Å². The van der Waals surface area contributed by atoms with Crippen LogP contribution in [0.15, 0.2) is 24.3 Å². The van der Waals surface area contributed by atoms with Crippen LogP contribution in [0, 0.1) is 0 Å². The van der Waals surface area contributed by atoms with E-state index in [1.54, 1.807) is 0 Å². The van der Waals surface area contributed by atoms with Gasteiger partial charge in [-0.15, -0.1) is 0 Å². The molecule has 1 aliphatic rings. The number of carbonyl (C=O) groups is 1. The number of carboxylic acids is 1. The maximum Gasteiger partial charge on any atom is 0.320 e. The van der Waals surface area contributed by atoms with E-state index < -0.39 is 12.0 Å². The first kappa shape index (κ1) is 13.4. The van der Waals surface area contributed by atoms with Crippen LogP contribution in [0.25, 0.3) is 0 Å². The zero-order valence-corrected chi connectivity index (χ0v) is 11.0. The van der Waals surface area contributed by atoms with Crippen molar-refractivity contribution in [2.24, 2.45) is 5.73 Å². The molecule has 0 radical (unpaired) electrons. The summed E-state index contributed by atoms with van der Waals surface area (Å²) in [5, 5.41) is 9.70. The minimum atomic E-state index is -0.927. The van der Waals surface area contributed by atoms with E-state index in [-0.39, 0.29) is 5.41 Å². The standard InChI is InChI=1S/C14H18ClNO2/c15-11-5-3-4-10(8-11)14(6-1-2-7-14)9-12(16)13(17)18/h3-5,8,12H,1-2,6-7,9,16H2,(H,17,18). The van der Waals surface area contributed by atoms with Gasteiger partial charge in [-0.05, 0) is 42.4 Å². The molecular weight excluding hydrogens is 250 g/mol. The Balaban J connectivity index is 2.29. The van der Waals surface area contributed by atoms with Gasteiger partial charge in [-0.3, -0.25) is 4.79 Å². The summed E-state index contributed by atoms with van der Waals surface area (Å²) >= 11 is 6.04. The Labute approximate surface area is 112 Å². The third-order valence-electron chi connectivity index (χ3n) is 3.93. The van der Waals surface area contributed by atoms with E-state index >= 15 is 0 Å².